The van der Waals surface area contributed by atoms with E-state index in [1.54, 1.807) is 18.2 Å². The summed E-state index contributed by atoms with van der Waals surface area (Å²) in [6, 6.07) is 7.38. The molecule has 2 aromatic rings. The molecule has 1 aromatic heterocycles. The molecule has 2 N–H and O–H groups in total. The number of furan rings is 1. The summed E-state index contributed by atoms with van der Waals surface area (Å²) in [5.74, 6) is -1.68. The molecule has 0 unspecified atom stereocenters. The van der Waals surface area contributed by atoms with Crippen LogP contribution in [0, 0.1) is 10.1 Å². The Morgan fingerprint density at radius 2 is 1.83 bits per heavy atom. The maximum Gasteiger partial charge on any atom is 0.433 e. The first kappa shape index (κ1) is 17.0. The molecule has 0 radical (unpaired) electrons. The standard InChI is InChI=1S/C15H16N4O5/c1-9(20)16-12-8-10(18(2)3)4-5-11(12)17-15(21)13-6-7-14(24-13)19(22)23/h4-8H,1-3H3,(H,16,20)(H,17,21). The minimum atomic E-state index is -0.731. The fraction of sp³-hybridized carbons (Fsp3) is 0.200. The predicted molar refractivity (Wildman–Crippen MR) is 88.4 cm³/mol. The number of rotatable bonds is 5. The summed E-state index contributed by atoms with van der Waals surface area (Å²) in [6.45, 7) is 1.35. The summed E-state index contributed by atoms with van der Waals surface area (Å²) < 4.78 is 4.86. The average Bonchev–Trinajstić information content (AvgIpc) is 2.98. The second kappa shape index (κ2) is 6.82. The minimum Gasteiger partial charge on any atom is -0.395 e. The van der Waals surface area contributed by atoms with E-state index >= 15 is 0 Å². The van der Waals surface area contributed by atoms with Crippen molar-refractivity contribution in [1.29, 1.82) is 0 Å². The van der Waals surface area contributed by atoms with E-state index in [0.29, 0.717) is 11.4 Å². The first-order valence-corrected chi connectivity index (χ1v) is 6.92. The zero-order valence-corrected chi connectivity index (χ0v) is 13.3. The monoisotopic (exact) mass is 332 g/mol. The molecule has 0 aliphatic carbocycles. The molecule has 126 valence electrons. The Labute approximate surface area is 137 Å². The van der Waals surface area contributed by atoms with Crippen molar-refractivity contribution in [1.82, 2.24) is 0 Å². The van der Waals surface area contributed by atoms with E-state index in [1.165, 1.54) is 13.0 Å². The van der Waals surface area contributed by atoms with Crippen molar-refractivity contribution >= 4 is 34.8 Å². The van der Waals surface area contributed by atoms with Gasteiger partial charge in [-0.1, -0.05) is 0 Å². The Balaban J connectivity index is 2.28. The van der Waals surface area contributed by atoms with Crippen LogP contribution in [0.4, 0.5) is 22.9 Å². The first-order valence-electron chi connectivity index (χ1n) is 6.92. The zero-order valence-electron chi connectivity index (χ0n) is 13.3. The third-order valence-electron chi connectivity index (χ3n) is 3.07. The minimum absolute atomic E-state index is 0.202. The fourth-order valence-electron chi connectivity index (χ4n) is 1.94. The lowest BCUT2D eigenvalue weighted by molar-refractivity contribution is -0.402. The Morgan fingerprint density at radius 1 is 1.12 bits per heavy atom. The number of anilines is 3. The van der Waals surface area contributed by atoms with Crippen LogP contribution in [0.5, 0.6) is 0 Å². The van der Waals surface area contributed by atoms with Crippen molar-refractivity contribution in [3.8, 4) is 0 Å². The highest BCUT2D eigenvalue weighted by atomic mass is 16.6. The molecule has 0 atom stereocenters. The molecule has 9 heteroatoms. The van der Waals surface area contributed by atoms with E-state index in [0.717, 1.165) is 11.8 Å². The van der Waals surface area contributed by atoms with E-state index < -0.39 is 16.7 Å². The molecule has 0 saturated carbocycles. The van der Waals surface area contributed by atoms with E-state index in [-0.39, 0.29) is 11.7 Å². The van der Waals surface area contributed by atoms with Gasteiger partial charge in [0.1, 0.15) is 4.92 Å². The van der Waals surface area contributed by atoms with Crippen LogP contribution < -0.4 is 15.5 Å². The van der Waals surface area contributed by atoms with Crippen molar-refractivity contribution in [2.45, 2.75) is 6.92 Å². The highest BCUT2D eigenvalue weighted by Crippen LogP contribution is 2.28. The van der Waals surface area contributed by atoms with Gasteiger partial charge in [0, 0.05) is 26.7 Å². The summed E-state index contributed by atoms with van der Waals surface area (Å²) in [7, 11) is 3.68. The van der Waals surface area contributed by atoms with Gasteiger partial charge >= 0.3 is 5.88 Å². The van der Waals surface area contributed by atoms with E-state index in [2.05, 4.69) is 10.6 Å². The number of hydrogen-bond donors (Lipinski definition) is 2. The summed E-state index contributed by atoms with van der Waals surface area (Å²) in [6.07, 6.45) is 0. The van der Waals surface area contributed by atoms with Crippen LogP contribution in [-0.2, 0) is 4.79 Å². The molecular weight excluding hydrogens is 316 g/mol. The van der Waals surface area contributed by atoms with Gasteiger partial charge in [0.05, 0.1) is 17.4 Å². The van der Waals surface area contributed by atoms with Crippen LogP contribution in [0.1, 0.15) is 17.5 Å². The van der Waals surface area contributed by atoms with Crippen molar-refractivity contribution in [3.05, 3.63) is 46.2 Å². The molecule has 1 heterocycles. The Morgan fingerprint density at radius 3 is 2.38 bits per heavy atom. The molecular formula is C15H16N4O5. The number of nitrogens with zero attached hydrogens (tertiary/aromatic N) is 2. The number of nitrogens with one attached hydrogen (secondary N) is 2. The molecule has 0 spiro atoms. The largest absolute Gasteiger partial charge is 0.433 e. The maximum absolute atomic E-state index is 12.2. The molecule has 9 nitrogen and oxygen atoms in total. The second-order valence-electron chi connectivity index (χ2n) is 5.15. The molecule has 0 aliphatic heterocycles. The van der Waals surface area contributed by atoms with Gasteiger partial charge in [-0.15, -0.1) is 0 Å². The van der Waals surface area contributed by atoms with Crippen molar-refractivity contribution in [3.63, 3.8) is 0 Å². The molecule has 24 heavy (non-hydrogen) atoms. The number of nitro groups is 1. The molecule has 2 amide bonds. The average molecular weight is 332 g/mol. The molecule has 0 bridgehead atoms. The normalized spacial score (nSPS) is 10.1. The Bertz CT molecular complexity index is 797. The van der Waals surface area contributed by atoms with Crippen LogP contribution in [0.3, 0.4) is 0 Å². The summed E-state index contributed by atoms with van der Waals surface area (Å²) in [4.78, 5) is 35.2. The number of carbonyl (C=O) groups excluding carboxylic acids is 2. The SMILES string of the molecule is CC(=O)Nc1cc(N(C)C)ccc1NC(=O)c1ccc([N+](=O)[O-])o1. The van der Waals surface area contributed by atoms with Crippen LogP contribution in [-0.4, -0.2) is 30.8 Å². The number of hydrogen-bond acceptors (Lipinski definition) is 6. The lowest BCUT2D eigenvalue weighted by atomic mass is 10.2. The van der Waals surface area contributed by atoms with Gasteiger partial charge in [-0.25, -0.2) is 0 Å². The quantitative estimate of drug-likeness (QED) is 0.641. The third-order valence-corrected chi connectivity index (χ3v) is 3.07. The molecule has 2 rings (SSSR count). The number of carbonyl (C=O) groups is 2. The van der Waals surface area contributed by atoms with Crippen molar-refractivity contribution < 1.29 is 18.9 Å². The maximum atomic E-state index is 12.2. The van der Waals surface area contributed by atoms with Crippen molar-refractivity contribution in [2.75, 3.05) is 29.6 Å². The van der Waals surface area contributed by atoms with Gasteiger partial charge in [-0.05, 0) is 24.3 Å². The predicted octanol–water partition coefficient (Wildman–Crippen LogP) is 2.46. The summed E-state index contributed by atoms with van der Waals surface area (Å²) in [5.41, 5.74) is 1.58. The van der Waals surface area contributed by atoms with Crippen molar-refractivity contribution in [2.24, 2.45) is 0 Å². The fourth-order valence-corrected chi connectivity index (χ4v) is 1.94. The Kier molecular flexibility index (Phi) is 4.83. The number of amides is 2. The van der Waals surface area contributed by atoms with Gasteiger partial charge in [0.2, 0.25) is 5.91 Å². The van der Waals surface area contributed by atoms with Crippen LogP contribution in [0.25, 0.3) is 0 Å². The highest BCUT2D eigenvalue weighted by molar-refractivity contribution is 6.06. The molecule has 1 aromatic carbocycles. The summed E-state index contributed by atoms with van der Waals surface area (Å²) in [5, 5.41) is 15.8. The van der Waals surface area contributed by atoms with Crippen LogP contribution in [0.2, 0.25) is 0 Å². The lowest BCUT2D eigenvalue weighted by Gasteiger charge is -2.17. The summed E-state index contributed by atoms with van der Waals surface area (Å²) >= 11 is 0. The second-order valence-corrected chi connectivity index (χ2v) is 5.15. The molecule has 0 aliphatic rings. The van der Waals surface area contributed by atoms with E-state index in [1.807, 2.05) is 19.0 Å². The van der Waals surface area contributed by atoms with Gasteiger partial charge in [-0.3, -0.25) is 19.7 Å². The zero-order chi connectivity index (χ0) is 17.9. The third kappa shape index (κ3) is 3.88. The van der Waals surface area contributed by atoms with Crippen LogP contribution in [0.15, 0.2) is 34.7 Å². The van der Waals surface area contributed by atoms with Gasteiger partial charge in [-0.2, -0.15) is 0 Å². The van der Waals surface area contributed by atoms with E-state index in [4.69, 9.17) is 4.42 Å². The van der Waals surface area contributed by atoms with Crippen LogP contribution >= 0.6 is 0 Å². The van der Waals surface area contributed by atoms with E-state index in [9.17, 15) is 19.7 Å². The molecule has 0 fully saturated rings. The van der Waals surface area contributed by atoms with Gasteiger partial charge in [0.15, 0.2) is 5.76 Å². The lowest BCUT2D eigenvalue weighted by Crippen LogP contribution is -2.16. The topological polar surface area (TPSA) is 118 Å². The van der Waals surface area contributed by atoms with Gasteiger partial charge in [0.25, 0.3) is 5.91 Å². The molecule has 0 saturated heterocycles. The van der Waals surface area contributed by atoms with Gasteiger partial charge < -0.3 is 20.0 Å². The number of benzene rings is 1. The highest BCUT2D eigenvalue weighted by Gasteiger charge is 2.18. The first-order chi connectivity index (χ1) is 11.3. The smallest absolute Gasteiger partial charge is 0.395 e. The Hall–Kier alpha value is -3.36.